The van der Waals surface area contributed by atoms with Gasteiger partial charge in [-0.2, -0.15) is 0 Å². The maximum absolute atomic E-state index is 12.8. The van der Waals surface area contributed by atoms with Gasteiger partial charge in [0.15, 0.2) is 5.78 Å². The van der Waals surface area contributed by atoms with Crippen LogP contribution < -0.4 is 0 Å². The summed E-state index contributed by atoms with van der Waals surface area (Å²) in [4.78, 5) is 40.6. The molecule has 0 saturated carbocycles. The van der Waals surface area contributed by atoms with Gasteiger partial charge in [0, 0.05) is 23.6 Å². The Labute approximate surface area is 148 Å². The van der Waals surface area contributed by atoms with Crippen molar-refractivity contribution in [1.29, 1.82) is 0 Å². The highest BCUT2D eigenvalue weighted by atomic mass is 32.2. The third-order valence-electron chi connectivity index (χ3n) is 4.68. The molecule has 0 radical (unpaired) electrons. The Balaban J connectivity index is 2.13. The number of carbonyl (C=O) groups is 3. The minimum absolute atomic E-state index is 0.0281. The molecule has 0 aromatic heterocycles. The predicted molar refractivity (Wildman–Crippen MR) is 96.3 cm³/mol. The SMILES string of the molecule is CC1CCCC(C)N1C(=O)CN1C(=O)CSC1=CC(=O)C(C)(C)C. The summed E-state index contributed by atoms with van der Waals surface area (Å²) in [6.45, 7) is 9.70. The maximum Gasteiger partial charge on any atom is 0.243 e. The fourth-order valence-electron chi connectivity index (χ4n) is 3.16. The second-order valence-corrected chi connectivity index (χ2v) is 8.79. The van der Waals surface area contributed by atoms with E-state index in [0.29, 0.717) is 10.8 Å². The van der Waals surface area contributed by atoms with E-state index in [1.54, 1.807) is 0 Å². The van der Waals surface area contributed by atoms with Crippen LogP contribution >= 0.6 is 11.8 Å². The molecule has 0 bridgehead atoms. The third kappa shape index (κ3) is 4.21. The van der Waals surface area contributed by atoms with Crippen LogP contribution in [0.5, 0.6) is 0 Å². The number of likely N-dealkylation sites (tertiary alicyclic amines) is 1. The van der Waals surface area contributed by atoms with Crippen molar-refractivity contribution in [2.45, 2.75) is 66.0 Å². The molecular formula is C18H28N2O3S. The lowest BCUT2D eigenvalue weighted by Gasteiger charge is -2.39. The molecule has 2 aliphatic rings. The Morgan fingerprint density at radius 3 is 2.33 bits per heavy atom. The van der Waals surface area contributed by atoms with Crippen molar-refractivity contribution in [3.63, 3.8) is 0 Å². The molecule has 134 valence electrons. The first kappa shape index (κ1) is 19.0. The minimum Gasteiger partial charge on any atom is -0.336 e. The zero-order chi connectivity index (χ0) is 18.1. The van der Waals surface area contributed by atoms with Crippen molar-refractivity contribution in [1.82, 2.24) is 9.80 Å². The molecular weight excluding hydrogens is 324 g/mol. The Bertz CT molecular complexity index is 555. The van der Waals surface area contributed by atoms with Crippen molar-refractivity contribution in [3.8, 4) is 0 Å². The summed E-state index contributed by atoms with van der Waals surface area (Å²) in [5.74, 6) is 0.136. The lowest BCUT2D eigenvalue weighted by Crippen LogP contribution is -2.51. The Kier molecular flexibility index (Phi) is 5.78. The zero-order valence-electron chi connectivity index (χ0n) is 15.3. The van der Waals surface area contributed by atoms with E-state index >= 15 is 0 Å². The van der Waals surface area contributed by atoms with Crippen LogP contribution in [0.25, 0.3) is 0 Å². The van der Waals surface area contributed by atoms with E-state index in [4.69, 9.17) is 0 Å². The fourth-order valence-corrected chi connectivity index (χ4v) is 4.10. The van der Waals surface area contributed by atoms with E-state index in [1.807, 2.05) is 25.7 Å². The smallest absolute Gasteiger partial charge is 0.243 e. The average Bonchev–Trinajstić information content (AvgIpc) is 2.79. The van der Waals surface area contributed by atoms with E-state index < -0.39 is 5.41 Å². The second kappa shape index (κ2) is 7.30. The summed E-state index contributed by atoms with van der Waals surface area (Å²) in [7, 11) is 0. The minimum atomic E-state index is -0.495. The highest BCUT2D eigenvalue weighted by molar-refractivity contribution is 8.04. The molecule has 2 atom stereocenters. The molecule has 5 nitrogen and oxygen atoms in total. The number of piperidine rings is 1. The van der Waals surface area contributed by atoms with E-state index in [9.17, 15) is 14.4 Å². The van der Waals surface area contributed by atoms with Gasteiger partial charge in [-0.05, 0) is 33.1 Å². The van der Waals surface area contributed by atoms with E-state index in [0.717, 1.165) is 19.3 Å². The van der Waals surface area contributed by atoms with Gasteiger partial charge in [-0.1, -0.05) is 32.5 Å². The summed E-state index contributed by atoms with van der Waals surface area (Å²) in [5.41, 5.74) is -0.495. The van der Waals surface area contributed by atoms with Crippen LogP contribution in [0, 0.1) is 5.41 Å². The van der Waals surface area contributed by atoms with Gasteiger partial charge in [0.05, 0.1) is 10.8 Å². The molecule has 2 saturated heterocycles. The van der Waals surface area contributed by atoms with Crippen molar-refractivity contribution in [2.75, 3.05) is 12.3 Å². The standard InChI is InChI=1S/C18H28N2O3S/c1-12-7-6-8-13(2)20(12)15(22)10-19-16(23)11-24-17(19)9-14(21)18(3,4)5/h9,12-13H,6-8,10-11H2,1-5H3. The van der Waals surface area contributed by atoms with Gasteiger partial charge in [0.2, 0.25) is 11.8 Å². The van der Waals surface area contributed by atoms with Crippen molar-refractivity contribution >= 4 is 29.4 Å². The van der Waals surface area contributed by atoms with Crippen LogP contribution in [0.4, 0.5) is 0 Å². The van der Waals surface area contributed by atoms with E-state index in [1.165, 1.54) is 22.7 Å². The van der Waals surface area contributed by atoms with Gasteiger partial charge < -0.3 is 4.90 Å². The van der Waals surface area contributed by atoms with Gasteiger partial charge in [-0.15, -0.1) is 0 Å². The highest BCUT2D eigenvalue weighted by Gasteiger charge is 2.35. The third-order valence-corrected chi connectivity index (χ3v) is 5.70. The Hall–Kier alpha value is -1.30. The Morgan fingerprint density at radius 1 is 1.21 bits per heavy atom. The number of rotatable bonds is 3. The van der Waals surface area contributed by atoms with E-state index in [-0.39, 0.29) is 36.2 Å². The predicted octanol–water partition coefficient (Wildman–Crippen LogP) is 2.81. The lowest BCUT2D eigenvalue weighted by molar-refractivity contribution is -0.141. The normalized spacial score (nSPS) is 27.0. The Morgan fingerprint density at radius 2 is 1.79 bits per heavy atom. The van der Waals surface area contributed by atoms with Crippen LogP contribution in [0.1, 0.15) is 53.9 Å². The molecule has 2 unspecified atom stereocenters. The number of allylic oxidation sites excluding steroid dienone is 1. The summed E-state index contributed by atoms with van der Waals surface area (Å²) in [5, 5.41) is 0.602. The van der Waals surface area contributed by atoms with Gasteiger partial charge in [-0.3, -0.25) is 19.3 Å². The monoisotopic (exact) mass is 352 g/mol. The molecule has 6 heteroatoms. The summed E-state index contributed by atoms with van der Waals surface area (Å²) in [6.07, 6.45) is 4.66. The average molecular weight is 353 g/mol. The first-order valence-corrected chi connectivity index (χ1v) is 9.60. The number of nitrogens with zero attached hydrogens (tertiary/aromatic N) is 2. The number of hydrogen-bond donors (Lipinski definition) is 0. The quantitative estimate of drug-likeness (QED) is 0.733. The molecule has 2 fully saturated rings. The van der Waals surface area contributed by atoms with Gasteiger partial charge in [0.25, 0.3) is 0 Å². The molecule has 0 spiro atoms. The maximum atomic E-state index is 12.8. The van der Waals surface area contributed by atoms with Gasteiger partial charge in [-0.25, -0.2) is 0 Å². The van der Waals surface area contributed by atoms with Gasteiger partial charge in [0.1, 0.15) is 6.54 Å². The van der Waals surface area contributed by atoms with Crippen LogP contribution in [-0.2, 0) is 14.4 Å². The van der Waals surface area contributed by atoms with Crippen molar-refractivity contribution in [3.05, 3.63) is 11.1 Å². The summed E-state index contributed by atoms with van der Waals surface area (Å²) >= 11 is 1.34. The molecule has 2 aliphatic heterocycles. The van der Waals surface area contributed by atoms with Crippen LogP contribution in [0.3, 0.4) is 0 Å². The number of amides is 2. The topological polar surface area (TPSA) is 57.7 Å². The van der Waals surface area contributed by atoms with Crippen molar-refractivity contribution in [2.24, 2.45) is 5.41 Å². The number of hydrogen-bond acceptors (Lipinski definition) is 4. The summed E-state index contributed by atoms with van der Waals surface area (Å²) in [6, 6.07) is 0.408. The molecule has 2 heterocycles. The molecule has 0 aliphatic carbocycles. The molecule has 0 aromatic carbocycles. The second-order valence-electron chi connectivity index (χ2n) is 7.80. The van der Waals surface area contributed by atoms with Crippen molar-refractivity contribution < 1.29 is 14.4 Å². The molecule has 2 amide bonds. The van der Waals surface area contributed by atoms with Crippen LogP contribution in [0.15, 0.2) is 11.1 Å². The number of carbonyl (C=O) groups excluding carboxylic acids is 3. The van der Waals surface area contributed by atoms with Crippen LogP contribution in [-0.4, -0.2) is 51.8 Å². The molecule has 2 rings (SSSR count). The number of ketones is 1. The first-order valence-electron chi connectivity index (χ1n) is 8.61. The molecule has 0 N–H and O–H groups in total. The van der Waals surface area contributed by atoms with Gasteiger partial charge >= 0.3 is 0 Å². The molecule has 0 aromatic rings. The highest BCUT2D eigenvalue weighted by Crippen LogP contribution is 2.31. The fraction of sp³-hybridized carbons (Fsp3) is 0.722. The zero-order valence-corrected chi connectivity index (χ0v) is 16.1. The summed E-state index contributed by atoms with van der Waals surface area (Å²) < 4.78 is 0. The first-order chi connectivity index (χ1) is 11.1. The van der Waals surface area contributed by atoms with Crippen LogP contribution in [0.2, 0.25) is 0 Å². The lowest BCUT2D eigenvalue weighted by atomic mass is 9.91. The van der Waals surface area contributed by atoms with E-state index in [2.05, 4.69) is 13.8 Å². The number of thioether (sulfide) groups is 1. The molecule has 24 heavy (non-hydrogen) atoms. The largest absolute Gasteiger partial charge is 0.336 e.